The van der Waals surface area contributed by atoms with Gasteiger partial charge in [-0.1, -0.05) is 54.3 Å². The second-order valence-electron chi connectivity index (χ2n) is 5.66. The highest BCUT2D eigenvalue weighted by atomic mass is 35.5. The molecule has 0 saturated heterocycles. The number of hydrogen-bond donors (Lipinski definition) is 1. The predicted molar refractivity (Wildman–Crippen MR) is 82.3 cm³/mol. The summed E-state index contributed by atoms with van der Waals surface area (Å²) in [5.74, 6) is 0.457. The molecule has 4 nitrogen and oxygen atoms in total. The summed E-state index contributed by atoms with van der Waals surface area (Å²) >= 11 is 6.24. The van der Waals surface area contributed by atoms with Gasteiger partial charge in [0, 0.05) is 10.9 Å². The van der Waals surface area contributed by atoms with Crippen LogP contribution in [0.2, 0.25) is 5.02 Å². The molecule has 0 bridgehead atoms. The van der Waals surface area contributed by atoms with E-state index >= 15 is 0 Å². The zero-order chi connectivity index (χ0) is 14.7. The number of aromatic nitrogens is 3. The van der Waals surface area contributed by atoms with Crippen molar-refractivity contribution >= 4 is 11.6 Å². The van der Waals surface area contributed by atoms with Gasteiger partial charge in [-0.15, -0.1) is 5.10 Å². The van der Waals surface area contributed by atoms with E-state index in [1.165, 1.54) is 19.3 Å². The molecule has 0 atom stereocenters. The molecule has 1 aromatic carbocycles. The Bertz CT molecular complexity index is 605. The first-order valence-corrected chi connectivity index (χ1v) is 7.94. The van der Waals surface area contributed by atoms with Gasteiger partial charge in [-0.3, -0.25) is 0 Å². The maximum Gasteiger partial charge on any atom is 0.112 e. The molecule has 112 valence electrons. The predicted octanol–water partition coefficient (Wildman–Crippen LogP) is 3.52. The first kappa shape index (κ1) is 14.5. The van der Waals surface area contributed by atoms with E-state index in [2.05, 4.69) is 10.3 Å². The lowest BCUT2D eigenvalue weighted by molar-refractivity contribution is 0.273. The molecule has 2 aromatic rings. The van der Waals surface area contributed by atoms with E-state index in [4.69, 9.17) is 11.6 Å². The van der Waals surface area contributed by atoms with Gasteiger partial charge in [0.05, 0.1) is 18.8 Å². The van der Waals surface area contributed by atoms with E-state index in [9.17, 15) is 5.11 Å². The lowest BCUT2D eigenvalue weighted by atomic mass is 9.86. The number of hydrogen-bond acceptors (Lipinski definition) is 3. The summed E-state index contributed by atoms with van der Waals surface area (Å²) in [5.41, 5.74) is 2.84. The van der Waals surface area contributed by atoms with Crippen LogP contribution in [0.1, 0.15) is 55.0 Å². The van der Waals surface area contributed by atoms with Crippen LogP contribution in [0, 0.1) is 0 Å². The third-order valence-electron chi connectivity index (χ3n) is 4.27. The Kier molecular flexibility index (Phi) is 4.56. The van der Waals surface area contributed by atoms with Crippen LogP contribution in [0.3, 0.4) is 0 Å². The number of halogens is 1. The van der Waals surface area contributed by atoms with Crippen LogP contribution in [0.15, 0.2) is 24.3 Å². The third kappa shape index (κ3) is 3.11. The van der Waals surface area contributed by atoms with Crippen LogP contribution in [-0.2, 0) is 13.2 Å². The van der Waals surface area contributed by atoms with Crippen molar-refractivity contribution in [2.45, 2.75) is 51.2 Å². The van der Waals surface area contributed by atoms with Crippen molar-refractivity contribution in [3.05, 3.63) is 46.2 Å². The zero-order valence-electron chi connectivity index (χ0n) is 12.0. The molecular formula is C16H20ClN3O. The average molecular weight is 306 g/mol. The van der Waals surface area contributed by atoms with E-state index in [1.807, 2.05) is 28.9 Å². The summed E-state index contributed by atoms with van der Waals surface area (Å²) in [6, 6.07) is 7.80. The van der Waals surface area contributed by atoms with Gasteiger partial charge in [0.15, 0.2) is 0 Å². The number of nitrogens with zero attached hydrogens (tertiary/aromatic N) is 3. The normalized spacial score (nSPS) is 16.3. The lowest BCUT2D eigenvalue weighted by Crippen LogP contribution is -2.14. The van der Waals surface area contributed by atoms with Gasteiger partial charge >= 0.3 is 0 Å². The second kappa shape index (κ2) is 6.58. The van der Waals surface area contributed by atoms with Gasteiger partial charge in [0.1, 0.15) is 5.69 Å². The van der Waals surface area contributed by atoms with Crippen LogP contribution in [0.5, 0.6) is 0 Å². The maximum atomic E-state index is 9.54. The molecule has 1 N–H and O–H groups in total. The SMILES string of the molecule is OCc1nnn(Cc2ccccc2Cl)c1C1CCCCC1. The third-order valence-corrected chi connectivity index (χ3v) is 4.64. The van der Waals surface area contributed by atoms with Crippen LogP contribution >= 0.6 is 11.6 Å². The van der Waals surface area contributed by atoms with Crippen LogP contribution in [0.25, 0.3) is 0 Å². The highest BCUT2D eigenvalue weighted by Crippen LogP contribution is 2.34. The van der Waals surface area contributed by atoms with Crippen molar-refractivity contribution in [2.24, 2.45) is 0 Å². The fraction of sp³-hybridized carbons (Fsp3) is 0.500. The molecule has 0 radical (unpaired) electrons. The summed E-state index contributed by atoms with van der Waals surface area (Å²) in [6.45, 7) is 0.562. The first-order valence-electron chi connectivity index (χ1n) is 7.56. The maximum absolute atomic E-state index is 9.54. The molecule has 1 aromatic heterocycles. The van der Waals surface area contributed by atoms with Gasteiger partial charge < -0.3 is 5.11 Å². The first-order chi connectivity index (χ1) is 10.3. The van der Waals surface area contributed by atoms with Crippen molar-refractivity contribution in [1.29, 1.82) is 0 Å². The standard InChI is InChI=1S/C16H20ClN3O/c17-14-9-5-4-8-13(14)10-20-16(15(11-21)18-19-20)12-6-2-1-3-7-12/h4-5,8-9,12,21H,1-3,6-7,10-11H2. The van der Waals surface area contributed by atoms with Crippen molar-refractivity contribution in [2.75, 3.05) is 0 Å². The minimum atomic E-state index is -0.0473. The fourth-order valence-electron chi connectivity index (χ4n) is 3.20. The van der Waals surface area contributed by atoms with Crippen molar-refractivity contribution in [1.82, 2.24) is 15.0 Å². The van der Waals surface area contributed by atoms with Crippen LogP contribution < -0.4 is 0 Å². The van der Waals surface area contributed by atoms with Gasteiger partial charge in [-0.2, -0.15) is 0 Å². The summed E-state index contributed by atoms with van der Waals surface area (Å²) in [6.07, 6.45) is 6.10. The van der Waals surface area contributed by atoms with Gasteiger partial charge in [0.25, 0.3) is 0 Å². The topological polar surface area (TPSA) is 50.9 Å². The monoisotopic (exact) mass is 305 g/mol. The Labute approximate surface area is 129 Å². The molecule has 1 aliphatic rings. The van der Waals surface area contributed by atoms with Crippen molar-refractivity contribution in [3.63, 3.8) is 0 Å². The Morgan fingerprint density at radius 3 is 2.67 bits per heavy atom. The molecule has 5 heteroatoms. The largest absolute Gasteiger partial charge is 0.390 e. The Morgan fingerprint density at radius 2 is 1.95 bits per heavy atom. The molecule has 1 aliphatic carbocycles. The smallest absolute Gasteiger partial charge is 0.112 e. The summed E-state index contributed by atoms with van der Waals surface area (Å²) in [4.78, 5) is 0. The van der Waals surface area contributed by atoms with Gasteiger partial charge in [0.2, 0.25) is 0 Å². The number of benzene rings is 1. The number of rotatable bonds is 4. The highest BCUT2D eigenvalue weighted by Gasteiger charge is 2.24. The van der Waals surface area contributed by atoms with Crippen LogP contribution in [-0.4, -0.2) is 20.1 Å². The van der Waals surface area contributed by atoms with E-state index in [0.717, 1.165) is 29.1 Å². The van der Waals surface area contributed by atoms with Crippen LogP contribution in [0.4, 0.5) is 0 Å². The summed E-state index contributed by atoms with van der Waals surface area (Å²) in [5, 5.41) is 18.7. The molecule has 0 amide bonds. The lowest BCUT2D eigenvalue weighted by Gasteiger charge is -2.23. The summed E-state index contributed by atoms with van der Waals surface area (Å²) in [7, 11) is 0. The minimum absolute atomic E-state index is 0.0473. The van der Waals surface area contributed by atoms with Crippen molar-refractivity contribution < 1.29 is 5.11 Å². The van der Waals surface area contributed by atoms with E-state index in [-0.39, 0.29) is 6.61 Å². The fourth-order valence-corrected chi connectivity index (χ4v) is 3.39. The van der Waals surface area contributed by atoms with E-state index in [0.29, 0.717) is 18.2 Å². The van der Waals surface area contributed by atoms with Crippen molar-refractivity contribution in [3.8, 4) is 0 Å². The quantitative estimate of drug-likeness (QED) is 0.940. The molecule has 21 heavy (non-hydrogen) atoms. The molecule has 0 unspecified atom stereocenters. The number of aliphatic hydroxyl groups is 1. The van der Waals surface area contributed by atoms with E-state index in [1.54, 1.807) is 0 Å². The van der Waals surface area contributed by atoms with E-state index < -0.39 is 0 Å². The van der Waals surface area contributed by atoms with Gasteiger partial charge in [-0.05, 0) is 24.5 Å². The molecule has 0 spiro atoms. The molecule has 3 rings (SSSR count). The molecule has 0 aliphatic heterocycles. The van der Waals surface area contributed by atoms with Gasteiger partial charge in [-0.25, -0.2) is 4.68 Å². The molecular weight excluding hydrogens is 286 g/mol. The Balaban J connectivity index is 1.91. The molecule has 1 saturated carbocycles. The highest BCUT2D eigenvalue weighted by molar-refractivity contribution is 6.31. The zero-order valence-corrected chi connectivity index (χ0v) is 12.8. The second-order valence-corrected chi connectivity index (χ2v) is 6.07. The Hall–Kier alpha value is -1.39. The number of aliphatic hydroxyl groups excluding tert-OH is 1. The average Bonchev–Trinajstić information content (AvgIpc) is 2.93. The minimum Gasteiger partial charge on any atom is -0.390 e. The molecule has 1 heterocycles. The molecule has 1 fully saturated rings. The Morgan fingerprint density at radius 1 is 1.19 bits per heavy atom. The summed E-state index contributed by atoms with van der Waals surface area (Å²) < 4.78 is 1.92.